The maximum Gasteiger partial charge on any atom is 0.410 e. The van der Waals surface area contributed by atoms with Crippen LogP contribution < -0.4 is 5.32 Å². The molecule has 3 heterocycles. The van der Waals surface area contributed by atoms with E-state index in [0.29, 0.717) is 25.3 Å². The zero-order chi connectivity index (χ0) is 18.0. The number of rotatable bonds is 3. The van der Waals surface area contributed by atoms with Crippen LogP contribution in [0.2, 0.25) is 0 Å². The average molecular weight is 350 g/mol. The van der Waals surface area contributed by atoms with E-state index in [-0.39, 0.29) is 11.9 Å². The minimum atomic E-state index is -0.578. The maximum absolute atomic E-state index is 12.6. The number of likely N-dealkylation sites (tertiary alicyclic amines) is 1. The minimum Gasteiger partial charge on any atom is -0.444 e. The topological polar surface area (TPSA) is 85.7 Å². The number of hydrogen-bond acceptors (Lipinski definition) is 5. The lowest BCUT2D eigenvalue weighted by atomic mass is 10.2. The second kappa shape index (κ2) is 7.03. The molecule has 2 amide bonds. The molecule has 0 aliphatic carbocycles. The molecule has 0 unspecified atom stereocenters. The highest BCUT2D eigenvalue weighted by Crippen LogP contribution is 2.23. The van der Waals surface area contributed by atoms with Crippen molar-refractivity contribution >= 4 is 17.7 Å². The first kappa shape index (κ1) is 17.7. The number of aromatic nitrogens is 2. The molecule has 2 atom stereocenters. The molecule has 25 heavy (non-hydrogen) atoms. The second-order valence-corrected chi connectivity index (χ2v) is 7.55. The molecule has 2 saturated heterocycles. The molecule has 2 aliphatic rings. The van der Waals surface area contributed by atoms with Crippen LogP contribution in [-0.4, -0.2) is 58.1 Å². The van der Waals surface area contributed by atoms with Gasteiger partial charge in [0.2, 0.25) is 5.91 Å². The van der Waals surface area contributed by atoms with Crippen molar-refractivity contribution in [2.45, 2.75) is 57.7 Å². The number of ether oxygens (including phenoxy) is 2. The summed E-state index contributed by atoms with van der Waals surface area (Å²) < 4.78 is 12.6. The number of carbonyl (C=O) groups excluding carboxylic acids is 2. The van der Waals surface area contributed by atoms with Gasteiger partial charge in [0.25, 0.3) is 0 Å². The lowest BCUT2D eigenvalue weighted by Gasteiger charge is -2.27. The fourth-order valence-electron chi connectivity index (χ4n) is 3.14. The first-order valence-corrected chi connectivity index (χ1v) is 8.76. The molecule has 8 nitrogen and oxygen atoms in total. The Bertz CT molecular complexity index is 631. The van der Waals surface area contributed by atoms with Crippen LogP contribution in [-0.2, 0) is 14.3 Å². The number of anilines is 1. The number of amides is 2. The van der Waals surface area contributed by atoms with Crippen LogP contribution >= 0.6 is 0 Å². The van der Waals surface area contributed by atoms with E-state index in [1.165, 1.54) is 4.90 Å². The molecule has 138 valence electrons. The van der Waals surface area contributed by atoms with Crippen LogP contribution in [0.3, 0.4) is 0 Å². The van der Waals surface area contributed by atoms with Crippen molar-refractivity contribution in [1.29, 1.82) is 0 Å². The van der Waals surface area contributed by atoms with Gasteiger partial charge in [0.15, 0.2) is 0 Å². The van der Waals surface area contributed by atoms with E-state index in [1.54, 1.807) is 6.20 Å². The molecule has 0 aromatic carbocycles. The van der Waals surface area contributed by atoms with Crippen molar-refractivity contribution in [2.24, 2.45) is 0 Å². The summed E-state index contributed by atoms with van der Waals surface area (Å²) in [6, 6.07) is -0.289. The van der Waals surface area contributed by atoms with Crippen molar-refractivity contribution in [1.82, 2.24) is 14.7 Å². The molecule has 8 heteroatoms. The predicted octanol–water partition coefficient (Wildman–Crippen LogP) is 2.18. The van der Waals surface area contributed by atoms with Crippen molar-refractivity contribution in [3.05, 3.63) is 12.4 Å². The third kappa shape index (κ3) is 4.31. The van der Waals surface area contributed by atoms with Crippen molar-refractivity contribution in [3.63, 3.8) is 0 Å². The summed E-state index contributed by atoms with van der Waals surface area (Å²) in [5.41, 5.74) is 0.0542. The van der Waals surface area contributed by atoms with E-state index in [1.807, 2.05) is 31.6 Å². The number of nitrogens with zero attached hydrogens (tertiary/aromatic N) is 3. The monoisotopic (exact) mass is 350 g/mol. The van der Waals surface area contributed by atoms with Crippen LogP contribution in [0, 0.1) is 0 Å². The molecule has 0 saturated carbocycles. The molecule has 3 rings (SSSR count). The lowest BCUT2D eigenvalue weighted by Crippen LogP contribution is -2.45. The smallest absolute Gasteiger partial charge is 0.410 e. The Morgan fingerprint density at radius 3 is 2.84 bits per heavy atom. The first-order chi connectivity index (χ1) is 11.8. The fraction of sp³-hybridized carbons (Fsp3) is 0.706. The highest BCUT2D eigenvalue weighted by Gasteiger charge is 2.36. The standard InChI is InChI=1S/C17H26N4O4/c1-17(2,3)25-16(23)20-7-4-5-14(20)15(22)19-12-9-18-21(10-12)13-6-8-24-11-13/h9-10,13-14H,4-8,11H2,1-3H3,(H,19,22)/t13-,14-/m0/s1. The van der Waals surface area contributed by atoms with Gasteiger partial charge in [0.05, 0.1) is 24.5 Å². The van der Waals surface area contributed by atoms with E-state index in [0.717, 1.165) is 19.4 Å². The molecule has 2 fully saturated rings. The van der Waals surface area contributed by atoms with Gasteiger partial charge < -0.3 is 14.8 Å². The molecule has 2 aliphatic heterocycles. The van der Waals surface area contributed by atoms with E-state index in [2.05, 4.69) is 10.4 Å². The Morgan fingerprint density at radius 1 is 1.36 bits per heavy atom. The van der Waals surface area contributed by atoms with Crippen molar-refractivity contribution in [3.8, 4) is 0 Å². The maximum atomic E-state index is 12.6. The van der Waals surface area contributed by atoms with Gasteiger partial charge in [0, 0.05) is 19.3 Å². The second-order valence-electron chi connectivity index (χ2n) is 7.55. The van der Waals surface area contributed by atoms with Gasteiger partial charge in [-0.1, -0.05) is 0 Å². The summed E-state index contributed by atoms with van der Waals surface area (Å²) in [6.45, 7) is 7.36. The number of carbonyl (C=O) groups is 2. The number of hydrogen-bond donors (Lipinski definition) is 1. The van der Waals surface area contributed by atoms with E-state index < -0.39 is 17.7 Å². The highest BCUT2D eigenvalue weighted by molar-refractivity contribution is 5.96. The van der Waals surface area contributed by atoms with Crippen LogP contribution in [0.4, 0.5) is 10.5 Å². The Hall–Kier alpha value is -2.09. The Labute approximate surface area is 147 Å². The molecule has 1 N–H and O–H groups in total. The summed E-state index contributed by atoms with van der Waals surface area (Å²) in [5.74, 6) is -0.203. The van der Waals surface area contributed by atoms with Gasteiger partial charge in [-0.15, -0.1) is 0 Å². The minimum absolute atomic E-state index is 0.203. The lowest BCUT2D eigenvalue weighted by molar-refractivity contribution is -0.120. The molecule has 1 aromatic rings. The van der Waals surface area contributed by atoms with Gasteiger partial charge in [0.1, 0.15) is 11.6 Å². The van der Waals surface area contributed by atoms with Crippen molar-refractivity contribution in [2.75, 3.05) is 25.1 Å². The molecule has 0 radical (unpaired) electrons. The van der Waals surface area contributed by atoms with Gasteiger partial charge in [-0.25, -0.2) is 4.79 Å². The Morgan fingerprint density at radius 2 is 2.16 bits per heavy atom. The van der Waals surface area contributed by atoms with Crippen LogP contribution in [0.1, 0.15) is 46.1 Å². The van der Waals surface area contributed by atoms with E-state index in [4.69, 9.17) is 9.47 Å². The summed E-state index contributed by atoms with van der Waals surface area (Å²) in [6.07, 6.45) is 5.34. The zero-order valence-corrected chi connectivity index (χ0v) is 15.0. The normalized spacial score (nSPS) is 23.7. The predicted molar refractivity (Wildman–Crippen MR) is 91.3 cm³/mol. The first-order valence-electron chi connectivity index (χ1n) is 8.76. The fourth-order valence-corrected chi connectivity index (χ4v) is 3.14. The molecular weight excluding hydrogens is 324 g/mol. The molecule has 1 aromatic heterocycles. The zero-order valence-electron chi connectivity index (χ0n) is 15.0. The highest BCUT2D eigenvalue weighted by atomic mass is 16.6. The van der Waals surface area contributed by atoms with E-state index >= 15 is 0 Å². The third-order valence-corrected chi connectivity index (χ3v) is 4.33. The van der Waals surface area contributed by atoms with Crippen LogP contribution in [0.25, 0.3) is 0 Å². The van der Waals surface area contributed by atoms with Gasteiger partial charge >= 0.3 is 6.09 Å². The van der Waals surface area contributed by atoms with Crippen LogP contribution in [0.15, 0.2) is 12.4 Å². The summed E-state index contributed by atoms with van der Waals surface area (Å²) >= 11 is 0. The van der Waals surface area contributed by atoms with Crippen LogP contribution in [0.5, 0.6) is 0 Å². The SMILES string of the molecule is CC(C)(C)OC(=O)N1CCC[C@H]1C(=O)Nc1cnn([C@H]2CCOC2)c1. The summed E-state index contributed by atoms with van der Waals surface area (Å²) in [5, 5.41) is 7.16. The number of nitrogens with one attached hydrogen (secondary N) is 1. The van der Waals surface area contributed by atoms with E-state index in [9.17, 15) is 9.59 Å². The van der Waals surface area contributed by atoms with Gasteiger partial charge in [-0.2, -0.15) is 5.10 Å². The quantitative estimate of drug-likeness (QED) is 0.903. The van der Waals surface area contributed by atoms with Gasteiger partial charge in [-0.3, -0.25) is 14.4 Å². The largest absolute Gasteiger partial charge is 0.444 e. The Balaban J connectivity index is 1.61. The van der Waals surface area contributed by atoms with Crippen molar-refractivity contribution < 1.29 is 19.1 Å². The summed E-state index contributed by atoms with van der Waals surface area (Å²) in [7, 11) is 0. The molecule has 0 spiro atoms. The third-order valence-electron chi connectivity index (χ3n) is 4.33. The Kier molecular flexibility index (Phi) is 4.99. The van der Waals surface area contributed by atoms with Gasteiger partial charge in [-0.05, 0) is 40.0 Å². The molecular formula is C17H26N4O4. The molecule has 0 bridgehead atoms. The average Bonchev–Trinajstić information content (AvgIpc) is 3.26. The summed E-state index contributed by atoms with van der Waals surface area (Å²) in [4.78, 5) is 26.4.